The van der Waals surface area contributed by atoms with Crippen LogP contribution in [0.2, 0.25) is 5.02 Å². The molecule has 0 aromatic heterocycles. The van der Waals surface area contributed by atoms with Gasteiger partial charge < -0.3 is 10.1 Å². The number of carbonyl (C=O) groups is 1. The Labute approximate surface area is 120 Å². The predicted octanol–water partition coefficient (Wildman–Crippen LogP) is 3.66. The zero-order valence-electron chi connectivity index (χ0n) is 11.6. The van der Waals surface area contributed by atoms with E-state index in [4.69, 9.17) is 16.3 Å². The molecule has 0 heterocycles. The van der Waals surface area contributed by atoms with Crippen molar-refractivity contribution in [1.82, 2.24) is 5.32 Å². The molecule has 106 valence electrons. The molecule has 0 bridgehead atoms. The normalized spacial score (nSPS) is 10.5. The molecule has 0 atom stereocenters. The van der Waals surface area contributed by atoms with Crippen LogP contribution in [0.4, 0.5) is 0 Å². The number of hydrogen-bond donors (Lipinski definition) is 1. The van der Waals surface area contributed by atoms with Gasteiger partial charge in [0.05, 0.1) is 6.61 Å². The molecule has 0 saturated carbocycles. The minimum atomic E-state index is 0.0976. The number of halogens is 1. The maximum absolute atomic E-state index is 11.5. The highest BCUT2D eigenvalue weighted by Gasteiger charge is 2.02. The van der Waals surface area contributed by atoms with E-state index < -0.39 is 0 Å². The summed E-state index contributed by atoms with van der Waals surface area (Å²) in [6.07, 6.45) is 2.24. The highest BCUT2D eigenvalue weighted by molar-refractivity contribution is 6.30. The molecular formula is C15H22ClNO2. The van der Waals surface area contributed by atoms with Crippen molar-refractivity contribution >= 4 is 17.5 Å². The molecule has 3 nitrogen and oxygen atoms in total. The zero-order chi connectivity index (χ0) is 14.1. The summed E-state index contributed by atoms with van der Waals surface area (Å²) >= 11 is 5.78. The van der Waals surface area contributed by atoms with E-state index >= 15 is 0 Å². The van der Waals surface area contributed by atoms with Gasteiger partial charge in [0.1, 0.15) is 5.75 Å². The number of hydrogen-bond acceptors (Lipinski definition) is 2. The standard InChI is InChI=1S/C15H22ClNO2/c1-12(2)9-10-17-15(18)4-3-11-19-14-7-5-13(16)6-8-14/h5-8,12H,3-4,9-11H2,1-2H3,(H,17,18). The van der Waals surface area contributed by atoms with E-state index in [9.17, 15) is 4.79 Å². The fraction of sp³-hybridized carbons (Fsp3) is 0.533. The Morgan fingerprint density at radius 3 is 2.63 bits per heavy atom. The van der Waals surface area contributed by atoms with Crippen molar-refractivity contribution in [3.05, 3.63) is 29.3 Å². The van der Waals surface area contributed by atoms with Gasteiger partial charge in [0.25, 0.3) is 0 Å². The molecule has 1 amide bonds. The maximum Gasteiger partial charge on any atom is 0.220 e. The minimum absolute atomic E-state index is 0.0976. The van der Waals surface area contributed by atoms with E-state index in [1.54, 1.807) is 12.1 Å². The first-order valence-electron chi connectivity index (χ1n) is 6.73. The van der Waals surface area contributed by atoms with Gasteiger partial charge in [-0.05, 0) is 43.0 Å². The lowest BCUT2D eigenvalue weighted by Gasteiger charge is -2.08. The van der Waals surface area contributed by atoms with E-state index in [1.165, 1.54) is 0 Å². The molecule has 0 fully saturated rings. The van der Waals surface area contributed by atoms with Crippen molar-refractivity contribution in [2.45, 2.75) is 33.1 Å². The Morgan fingerprint density at radius 1 is 1.32 bits per heavy atom. The monoisotopic (exact) mass is 283 g/mol. The summed E-state index contributed by atoms with van der Waals surface area (Å²) in [5.41, 5.74) is 0. The zero-order valence-corrected chi connectivity index (χ0v) is 12.4. The van der Waals surface area contributed by atoms with Gasteiger partial charge in [-0.15, -0.1) is 0 Å². The van der Waals surface area contributed by atoms with E-state index in [1.807, 2.05) is 12.1 Å². The average Bonchev–Trinajstić information content (AvgIpc) is 2.36. The fourth-order valence-corrected chi connectivity index (χ4v) is 1.67. The number of benzene rings is 1. The van der Waals surface area contributed by atoms with Gasteiger partial charge in [-0.2, -0.15) is 0 Å². The molecule has 1 aromatic rings. The maximum atomic E-state index is 11.5. The minimum Gasteiger partial charge on any atom is -0.494 e. The third kappa shape index (κ3) is 7.73. The van der Waals surface area contributed by atoms with Crippen LogP contribution in [0.15, 0.2) is 24.3 Å². The first kappa shape index (κ1) is 15.8. The second-order valence-corrected chi connectivity index (χ2v) is 5.37. The molecule has 19 heavy (non-hydrogen) atoms. The lowest BCUT2D eigenvalue weighted by Crippen LogP contribution is -2.25. The van der Waals surface area contributed by atoms with Crippen LogP contribution in [0.5, 0.6) is 5.75 Å². The molecule has 0 aliphatic carbocycles. The van der Waals surface area contributed by atoms with E-state index in [0.717, 1.165) is 25.1 Å². The lowest BCUT2D eigenvalue weighted by atomic mass is 10.1. The summed E-state index contributed by atoms with van der Waals surface area (Å²) in [6.45, 7) is 5.59. The van der Waals surface area contributed by atoms with Crippen LogP contribution < -0.4 is 10.1 Å². The van der Waals surface area contributed by atoms with Crippen LogP contribution in [-0.4, -0.2) is 19.1 Å². The van der Waals surface area contributed by atoms with Crippen LogP contribution in [0, 0.1) is 5.92 Å². The Balaban J connectivity index is 2.07. The molecule has 0 aliphatic heterocycles. The van der Waals surface area contributed by atoms with Gasteiger partial charge in [0.15, 0.2) is 0 Å². The highest BCUT2D eigenvalue weighted by Crippen LogP contribution is 2.15. The van der Waals surface area contributed by atoms with Crippen LogP contribution in [-0.2, 0) is 4.79 Å². The fourth-order valence-electron chi connectivity index (χ4n) is 1.54. The summed E-state index contributed by atoms with van der Waals surface area (Å²) in [6, 6.07) is 7.22. The number of nitrogens with one attached hydrogen (secondary N) is 1. The van der Waals surface area contributed by atoms with Crippen LogP contribution in [0.1, 0.15) is 33.1 Å². The molecule has 1 N–H and O–H groups in total. The van der Waals surface area contributed by atoms with Gasteiger partial charge in [-0.3, -0.25) is 4.79 Å². The molecular weight excluding hydrogens is 262 g/mol. The van der Waals surface area contributed by atoms with E-state index in [0.29, 0.717) is 24.0 Å². The summed E-state index contributed by atoms with van der Waals surface area (Å²) in [5.74, 6) is 1.50. The molecule has 0 aliphatic rings. The summed E-state index contributed by atoms with van der Waals surface area (Å²) in [5, 5.41) is 3.60. The van der Waals surface area contributed by atoms with Gasteiger partial charge in [0.2, 0.25) is 5.91 Å². The van der Waals surface area contributed by atoms with Gasteiger partial charge in [0, 0.05) is 18.0 Å². The average molecular weight is 284 g/mol. The quantitative estimate of drug-likeness (QED) is 0.740. The number of ether oxygens (including phenoxy) is 1. The van der Waals surface area contributed by atoms with Crippen LogP contribution in [0.25, 0.3) is 0 Å². The smallest absolute Gasteiger partial charge is 0.220 e. The Bertz CT molecular complexity index is 376. The molecule has 0 radical (unpaired) electrons. The number of carbonyl (C=O) groups excluding carboxylic acids is 1. The molecule has 1 aromatic carbocycles. The second kappa shape index (κ2) is 8.81. The SMILES string of the molecule is CC(C)CCNC(=O)CCCOc1ccc(Cl)cc1. The first-order valence-corrected chi connectivity index (χ1v) is 7.11. The van der Waals surface area contributed by atoms with Crippen LogP contribution in [0.3, 0.4) is 0 Å². The van der Waals surface area contributed by atoms with E-state index in [2.05, 4.69) is 19.2 Å². The summed E-state index contributed by atoms with van der Waals surface area (Å²) in [7, 11) is 0. The van der Waals surface area contributed by atoms with Crippen molar-refractivity contribution in [3.63, 3.8) is 0 Å². The number of amides is 1. The highest BCUT2D eigenvalue weighted by atomic mass is 35.5. The predicted molar refractivity (Wildman–Crippen MR) is 78.6 cm³/mol. The Hall–Kier alpha value is -1.22. The van der Waals surface area contributed by atoms with Gasteiger partial charge >= 0.3 is 0 Å². The molecule has 0 unspecified atom stereocenters. The second-order valence-electron chi connectivity index (χ2n) is 4.94. The first-order chi connectivity index (χ1) is 9.08. The van der Waals surface area contributed by atoms with Crippen molar-refractivity contribution in [2.75, 3.05) is 13.2 Å². The Kier molecular flexibility index (Phi) is 7.34. The Morgan fingerprint density at radius 2 is 2.00 bits per heavy atom. The van der Waals surface area contributed by atoms with Crippen molar-refractivity contribution in [2.24, 2.45) is 5.92 Å². The third-order valence-corrected chi connectivity index (χ3v) is 2.93. The topological polar surface area (TPSA) is 38.3 Å². The van der Waals surface area contributed by atoms with Crippen molar-refractivity contribution < 1.29 is 9.53 Å². The van der Waals surface area contributed by atoms with Crippen LogP contribution >= 0.6 is 11.6 Å². The van der Waals surface area contributed by atoms with Gasteiger partial charge in [-0.25, -0.2) is 0 Å². The van der Waals surface area contributed by atoms with E-state index in [-0.39, 0.29) is 5.91 Å². The molecule has 0 saturated heterocycles. The lowest BCUT2D eigenvalue weighted by molar-refractivity contribution is -0.121. The van der Waals surface area contributed by atoms with Crippen molar-refractivity contribution in [1.29, 1.82) is 0 Å². The summed E-state index contributed by atoms with van der Waals surface area (Å²) in [4.78, 5) is 11.5. The number of rotatable bonds is 8. The molecule has 0 spiro atoms. The summed E-state index contributed by atoms with van der Waals surface area (Å²) < 4.78 is 5.52. The molecule has 4 heteroatoms. The third-order valence-electron chi connectivity index (χ3n) is 2.67. The largest absolute Gasteiger partial charge is 0.494 e. The van der Waals surface area contributed by atoms with Crippen molar-refractivity contribution in [3.8, 4) is 5.75 Å². The molecule has 1 rings (SSSR count). The van der Waals surface area contributed by atoms with Gasteiger partial charge in [-0.1, -0.05) is 25.4 Å².